The van der Waals surface area contributed by atoms with Gasteiger partial charge in [0.15, 0.2) is 35.6 Å². The van der Waals surface area contributed by atoms with Crippen LogP contribution in [0.3, 0.4) is 0 Å². The van der Waals surface area contributed by atoms with Crippen molar-refractivity contribution in [3.63, 3.8) is 0 Å². The summed E-state index contributed by atoms with van der Waals surface area (Å²) in [5.74, 6) is 0.949. The standard InChI is InChI=1S/C10H6O6/c11-1-5-7-9(15-3-13-7)6(2-12)10-8(5)14-4-16-10/h1-2H,3-4H2. The van der Waals surface area contributed by atoms with Gasteiger partial charge in [-0.1, -0.05) is 0 Å². The lowest BCUT2D eigenvalue weighted by Gasteiger charge is -2.06. The Kier molecular flexibility index (Phi) is 1.76. The molecule has 0 spiro atoms. The van der Waals surface area contributed by atoms with Crippen LogP contribution in [0, 0.1) is 0 Å². The predicted molar refractivity (Wildman–Crippen MR) is 49.5 cm³/mol. The largest absolute Gasteiger partial charge is 0.453 e. The summed E-state index contributed by atoms with van der Waals surface area (Å²) in [6.45, 7) is -0.0557. The maximum atomic E-state index is 11.0. The Morgan fingerprint density at radius 2 is 1.00 bits per heavy atom. The highest BCUT2D eigenvalue weighted by Crippen LogP contribution is 2.51. The first kappa shape index (κ1) is 9.02. The van der Waals surface area contributed by atoms with Gasteiger partial charge >= 0.3 is 0 Å². The molecule has 0 radical (unpaired) electrons. The Labute approximate surface area is 89.7 Å². The third-order valence-electron chi connectivity index (χ3n) is 2.44. The number of rotatable bonds is 2. The molecule has 0 saturated carbocycles. The molecule has 1 aromatic rings. The van der Waals surface area contributed by atoms with Crippen LogP contribution >= 0.6 is 0 Å². The summed E-state index contributed by atoms with van der Waals surface area (Å²) in [5, 5.41) is 0. The van der Waals surface area contributed by atoms with Crippen molar-refractivity contribution in [1.82, 2.24) is 0 Å². The number of hydrogen-bond donors (Lipinski definition) is 0. The molecule has 2 aliphatic rings. The Bertz CT molecular complexity index is 415. The molecule has 2 heterocycles. The van der Waals surface area contributed by atoms with Crippen molar-refractivity contribution in [2.45, 2.75) is 0 Å². The van der Waals surface area contributed by atoms with E-state index in [1.54, 1.807) is 0 Å². The molecule has 0 aliphatic carbocycles. The van der Waals surface area contributed by atoms with E-state index in [2.05, 4.69) is 0 Å². The van der Waals surface area contributed by atoms with E-state index in [9.17, 15) is 9.59 Å². The van der Waals surface area contributed by atoms with Crippen LogP contribution in [0.5, 0.6) is 23.0 Å². The van der Waals surface area contributed by atoms with Crippen molar-refractivity contribution in [3.8, 4) is 23.0 Å². The second-order valence-corrected chi connectivity index (χ2v) is 3.19. The van der Waals surface area contributed by atoms with Gasteiger partial charge in [0.2, 0.25) is 13.6 Å². The maximum Gasteiger partial charge on any atom is 0.231 e. The zero-order valence-corrected chi connectivity index (χ0v) is 8.02. The fourth-order valence-electron chi connectivity index (χ4n) is 1.78. The van der Waals surface area contributed by atoms with Gasteiger partial charge in [0.1, 0.15) is 11.1 Å². The molecule has 0 bridgehead atoms. The average molecular weight is 222 g/mol. The van der Waals surface area contributed by atoms with E-state index in [0.717, 1.165) is 0 Å². The van der Waals surface area contributed by atoms with E-state index in [1.807, 2.05) is 0 Å². The average Bonchev–Trinajstić information content (AvgIpc) is 2.93. The van der Waals surface area contributed by atoms with Crippen molar-refractivity contribution >= 4 is 12.6 Å². The number of hydrogen-bond acceptors (Lipinski definition) is 6. The van der Waals surface area contributed by atoms with Crippen LogP contribution in [0.15, 0.2) is 0 Å². The first-order chi connectivity index (χ1) is 7.86. The van der Waals surface area contributed by atoms with Crippen LogP contribution in [-0.2, 0) is 0 Å². The number of aldehydes is 2. The van der Waals surface area contributed by atoms with E-state index in [0.29, 0.717) is 12.6 Å². The summed E-state index contributed by atoms with van der Waals surface area (Å²) >= 11 is 0. The zero-order chi connectivity index (χ0) is 11.1. The van der Waals surface area contributed by atoms with Crippen LogP contribution in [0.25, 0.3) is 0 Å². The Morgan fingerprint density at radius 1 is 0.688 bits per heavy atom. The molecule has 0 atom stereocenters. The lowest BCUT2D eigenvalue weighted by atomic mass is 10.1. The second-order valence-electron chi connectivity index (χ2n) is 3.19. The van der Waals surface area contributed by atoms with Crippen LogP contribution in [0.1, 0.15) is 20.7 Å². The molecule has 6 heteroatoms. The topological polar surface area (TPSA) is 71.1 Å². The molecule has 6 nitrogen and oxygen atoms in total. The lowest BCUT2D eigenvalue weighted by Crippen LogP contribution is -1.97. The highest BCUT2D eigenvalue weighted by atomic mass is 16.7. The molecule has 1 aromatic carbocycles. The van der Waals surface area contributed by atoms with Crippen LogP contribution < -0.4 is 18.9 Å². The monoisotopic (exact) mass is 222 g/mol. The molecule has 0 aromatic heterocycles. The Balaban J connectivity index is 2.38. The normalized spacial score (nSPS) is 15.0. The van der Waals surface area contributed by atoms with E-state index in [4.69, 9.17) is 18.9 Å². The quantitative estimate of drug-likeness (QED) is 0.688. The summed E-state index contributed by atoms with van der Waals surface area (Å²) < 4.78 is 20.6. The number of carbonyl (C=O) groups excluding carboxylic acids is 2. The molecular formula is C10H6O6. The summed E-state index contributed by atoms with van der Waals surface area (Å²) in [6.07, 6.45) is 1.19. The minimum atomic E-state index is -0.0279. The Hall–Kier alpha value is -2.24. The van der Waals surface area contributed by atoms with Gasteiger partial charge in [-0.15, -0.1) is 0 Å². The Morgan fingerprint density at radius 3 is 1.25 bits per heavy atom. The second kappa shape index (κ2) is 3.13. The summed E-state index contributed by atoms with van der Waals surface area (Å²) in [4.78, 5) is 21.9. The van der Waals surface area contributed by atoms with Crippen LogP contribution in [0.4, 0.5) is 0 Å². The highest BCUT2D eigenvalue weighted by molar-refractivity contribution is 5.96. The highest BCUT2D eigenvalue weighted by Gasteiger charge is 2.33. The van der Waals surface area contributed by atoms with Crippen molar-refractivity contribution in [3.05, 3.63) is 11.1 Å². The van der Waals surface area contributed by atoms with Gasteiger partial charge in [-0.3, -0.25) is 9.59 Å². The zero-order valence-electron chi connectivity index (χ0n) is 8.02. The van der Waals surface area contributed by atoms with E-state index in [-0.39, 0.29) is 47.7 Å². The van der Waals surface area contributed by atoms with E-state index in [1.165, 1.54) is 0 Å². The molecule has 82 valence electrons. The van der Waals surface area contributed by atoms with Gasteiger partial charge < -0.3 is 18.9 Å². The number of benzene rings is 1. The molecule has 16 heavy (non-hydrogen) atoms. The minimum Gasteiger partial charge on any atom is -0.453 e. The molecule has 2 aliphatic heterocycles. The van der Waals surface area contributed by atoms with Crippen LogP contribution in [-0.4, -0.2) is 26.2 Å². The third kappa shape index (κ3) is 0.955. The first-order valence-electron chi connectivity index (χ1n) is 4.52. The summed E-state index contributed by atoms with van der Waals surface area (Å²) in [7, 11) is 0. The van der Waals surface area contributed by atoms with Gasteiger partial charge in [0, 0.05) is 0 Å². The third-order valence-corrected chi connectivity index (χ3v) is 2.44. The number of carbonyl (C=O) groups is 2. The fourth-order valence-corrected chi connectivity index (χ4v) is 1.78. The van der Waals surface area contributed by atoms with Gasteiger partial charge in [-0.05, 0) is 0 Å². The van der Waals surface area contributed by atoms with Crippen molar-refractivity contribution in [1.29, 1.82) is 0 Å². The summed E-state index contributed by atoms with van der Waals surface area (Å²) in [6, 6.07) is 0. The molecule has 0 unspecified atom stereocenters. The smallest absolute Gasteiger partial charge is 0.231 e. The van der Waals surface area contributed by atoms with Crippen molar-refractivity contribution in [2.75, 3.05) is 13.6 Å². The predicted octanol–water partition coefficient (Wildman–Crippen LogP) is 0.769. The van der Waals surface area contributed by atoms with E-state index >= 15 is 0 Å². The summed E-state index contributed by atoms with van der Waals surface area (Å²) in [5.41, 5.74) is 0.427. The SMILES string of the molecule is O=Cc1c2c(c(C=O)c3c1OCO3)OCO2. The molecule has 0 N–H and O–H groups in total. The minimum absolute atomic E-state index is 0.0279. The van der Waals surface area contributed by atoms with Gasteiger partial charge in [-0.25, -0.2) is 0 Å². The van der Waals surface area contributed by atoms with Crippen molar-refractivity contribution in [2.24, 2.45) is 0 Å². The number of ether oxygens (including phenoxy) is 4. The number of fused-ring (bicyclic) bond motifs is 2. The van der Waals surface area contributed by atoms with Crippen molar-refractivity contribution < 1.29 is 28.5 Å². The first-order valence-corrected chi connectivity index (χ1v) is 4.52. The van der Waals surface area contributed by atoms with Gasteiger partial charge in [0.25, 0.3) is 0 Å². The van der Waals surface area contributed by atoms with Crippen LogP contribution in [0.2, 0.25) is 0 Å². The molecule has 0 amide bonds. The molecule has 0 fully saturated rings. The van der Waals surface area contributed by atoms with E-state index < -0.39 is 0 Å². The molecular weight excluding hydrogens is 216 g/mol. The maximum absolute atomic E-state index is 11.0. The molecule has 3 rings (SSSR count). The van der Waals surface area contributed by atoms with Gasteiger partial charge in [0.05, 0.1) is 0 Å². The molecule has 0 saturated heterocycles. The van der Waals surface area contributed by atoms with Gasteiger partial charge in [-0.2, -0.15) is 0 Å². The fraction of sp³-hybridized carbons (Fsp3) is 0.200. The lowest BCUT2D eigenvalue weighted by molar-refractivity contribution is 0.110.